The Morgan fingerprint density at radius 2 is 2.32 bits per heavy atom. The van der Waals surface area contributed by atoms with Gasteiger partial charge < -0.3 is 9.09 Å². The molecule has 4 rings (SSSR count). The number of aromatic nitrogens is 4. The van der Waals surface area contributed by atoms with Crippen molar-refractivity contribution < 1.29 is 4.52 Å². The van der Waals surface area contributed by atoms with Gasteiger partial charge in [0.25, 0.3) is 0 Å². The van der Waals surface area contributed by atoms with Gasteiger partial charge in [0.1, 0.15) is 11.6 Å². The maximum atomic E-state index is 5.27. The summed E-state index contributed by atoms with van der Waals surface area (Å²) >= 11 is 3.44. The topological polar surface area (TPSA) is 56.7 Å². The number of hydrogen-bond acceptors (Lipinski definition) is 6. The molecule has 7 heteroatoms. The average Bonchev–Trinajstić information content (AvgIpc) is 2.90. The lowest BCUT2D eigenvalue weighted by Crippen LogP contribution is -2.03. The molecule has 0 radical (unpaired) electrons. The van der Waals surface area contributed by atoms with Crippen LogP contribution in [0, 0.1) is 6.92 Å². The summed E-state index contributed by atoms with van der Waals surface area (Å²) in [6.07, 6.45) is 3.32. The number of nitrogens with zero attached hydrogens (tertiary/aromatic N) is 4. The molecular weight excluding hydrogens is 316 g/mol. The number of aryl methyl sites for hydroxylation is 1. The van der Waals surface area contributed by atoms with E-state index in [9.17, 15) is 0 Å². The number of hydrogen-bond donors (Lipinski definition) is 0. The van der Waals surface area contributed by atoms with E-state index in [1.165, 1.54) is 17.7 Å². The first kappa shape index (κ1) is 14.0. The Morgan fingerprint density at radius 1 is 1.41 bits per heavy atom. The molecule has 3 aromatic heterocycles. The fourth-order valence-electron chi connectivity index (χ4n) is 2.41. The Balaban J connectivity index is 1.53. The van der Waals surface area contributed by atoms with Gasteiger partial charge in [-0.25, -0.2) is 0 Å². The second-order valence-corrected chi connectivity index (χ2v) is 7.45. The number of rotatable bonds is 6. The first-order valence-electron chi connectivity index (χ1n) is 7.31. The summed E-state index contributed by atoms with van der Waals surface area (Å²) in [6.45, 7) is 1.93. The Kier molecular flexibility index (Phi) is 3.75. The van der Waals surface area contributed by atoms with Crippen LogP contribution < -0.4 is 0 Å². The van der Waals surface area contributed by atoms with Crippen LogP contribution in [0.3, 0.4) is 0 Å². The van der Waals surface area contributed by atoms with Crippen LogP contribution in [0.2, 0.25) is 0 Å². The number of thiophene rings is 1. The van der Waals surface area contributed by atoms with Crippen molar-refractivity contribution in [3.05, 3.63) is 45.7 Å². The Hall–Kier alpha value is -1.60. The second kappa shape index (κ2) is 5.89. The van der Waals surface area contributed by atoms with E-state index in [4.69, 9.17) is 4.52 Å². The molecule has 5 nitrogen and oxygen atoms in total. The molecule has 3 aromatic rings. The molecule has 3 heterocycles. The van der Waals surface area contributed by atoms with Crippen molar-refractivity contribution in [2.45, 2.75) is 43.1 Å². The predicted molar refractivity (Wildman–Crippen MR) is 86.2 cm³/mol. The van der Waals surface area contributed by atoms with Gasteiger partial charge >= 0.3 is 0 Å². The van der Waals surface area contributed by atoms with Crippen LogP contribution in [-0.2, 0) is 12.2 Å². The molecule has 1 fully saturated rings. The lowest BCUT2D eigenvalue weighted by atomic mass is 10.3. The first-order valence-corrected chi connectivity index (χ1v) is 9.17. The molecule has 0 saturated heterocycles. The predicted octanol–water partition coefficient (Wildman–Crippen LogP) is 3.85. The second-order valence-electron chi connectivity index (χ2n) is 5.48. The average molecular weight is 332 g/mol. The molecule has 0 aromatic carbocycles. The molecule has 1 saturated carbocycles. The summed E-state index contributed by atoms with van der Waals surface area (Å²) in [5, 5.41) is 15.8. The van der Waals surface area contributed by atoms with Crippen LogP contribution >= 0.6 is 23.1 Å². The highest BCUT2D eigenvalue weighted by Crippen LogP contribution is 2.39. The van der Waals surface area contributed by atoms with Gasteiger partial charge in [-0.15, -0.1) is 21.5 Å². The maximum absolute atomic E-state index is 5.27. The zero-order valence-corrected chi connectivity index (χ0v) is 13.9. The number of thioether (sulfide) groups is 1. The largest absolute Gasteiger partial charge is 0.360 e. The third kappa shape index (κ3) is 2.96. The Labute approximate surface area is 136 Å². The van der Waals surface area contributed by atoms with E-state index in [1.807, 2.05) is 13.0 Å². The molecule has 0 unspecified atom stereocenters. The normalized spacial score (nSPS) is 14.6. The zero-order valence-electron chi connectivity index (χ0n) is 12.2. The van der Waals surface area contributed by atoms with Gasteiger partial charge in [-0.2, -0.15) is 0 Å². The van der Waals surface area contributed by atoms with Crippen LogP contribution in [0.25, 0.3) is 0 Å². The van der Waals surface area contributed by atoms with Crippen molar-refractivity contribution in [2.24, 2.45) is 0 Å². The van der Waals surface area contributed by atoms with Crippen LogP contribution in [-0.4, -0.2) is 19.9 Å². The summed E-state index contributed by atoms with van der Waals surface area (Å²) < 4.78 is 7.58. The molecule has 0 atom stereocenters. The SMILES string of the molecule is Cc1cc(CSc2nnc(Cc3cccs3)n2C2CC2)on1. The highest BCUT2D eigenvalue weighted by atomic mass is 32.2. The minimum atomic E-state index is 0.573. The molecule has 0 spiro atoms. The van der Waals surface area contributed by atoms with Gasteiger partial charge in [-0.3, -0.25) is 0 Å². The molecule has 0 aliphatic heterocycles. The fourth-order valence-corrected chi connectivity index (χ4v) is 4.02. The zero-order chi connectivity index (χ0) is 14.9. The summed E-state index contributed by atoms with van der Waals surface area (Å²) in [7, 11) is 0. The van der Waals surface area contributed by atoms with Crippen molar-refractivity contribution >= 4 is 23.1 Å². The van der Waals surface area contributed by atoms with Gasteiger partial charge in [0.2, 0.25) is 0 Å². The molecule has 1 aliphatic carbocycles. The molecule has 114 valence electrons. The van der Waals surface area contributed by atoms with Crippen molar-refractivity contribution in [3.8, 4) is 0 Å². The summed E-state index contributed by atoms with van der Waals surface area (Å²) in [5.74, 6) is 2.69. The highest BCUT2D eigenvalue weighted by molar-refractivity contribution is 7.98. The minimum absolute atomic E-state index is 0.573. The summed E-state index contributed by atoms with van der Waals surface area (Å²) in [5.41, 5.74) is 0.914. The summed E-state index contributed by atoms with van der Waals surface area (Å²) in [6, 6.07) is 6.78. The highest BCUT2D eigenvalue weighted by Gasteiger charge is 2.29. The third-order valence-corrected chi connectivity index (χ3v) is 5.42. The van der Waals surface area contributed by atoms with E-state index < -0.39 is 0 Å². The molecule has 0 bridgehead atoms. The van der Waals surface area contributed by atoms with Crippen molar-refractivity contribution in [1.29, 1.82) is 0 Å². The molecule has 1 aliphatic rings. The maximum Gasteiger partial charge on any atom is 0.191 e. The minimum Gasteiger partial charge on any atom is -0.360 e. The van der Waals surface area contributed by atoms with E-state index in [-0.39, 0.29) is 0 Å². The Morgan fingerprint density at radius 3 is 3.00 bits per heavy atom. The fraction of sp³-hybridized carbons (Fsp3) is 0.400. The molecule has 22 heavy (non-hydrogen) atoms. The monoisotopic (exact) mass is 332 g/mol. The quantitative estimate of drug-likeness (QED) is 0.642. The lowest BCUT2D eigenvalue weighted by Gasteiger charge is -2.07. The van der Waals surface area contributed by atoms with E-state index in [1.54, 1.807) is 23.1 Å². The van der Waals surface area contributed by atoms with Crippen molar-refractivity contribution in [3.63, 3.8) is 0 Å². The van der Waals surface area contributed by atoms with Crippen LogP contribution in [0.15, 0.2) is 33.3 Å². The van der Waals surface area contributed by atoms with E-state index in [2.05, 4.69) is 37.4 Å². The van der Waals surface area contributed by atoms with E-state index in [0.717, 1.165) is 34.6 Å². The molecule has 0 amide bonds. The van der Waals surface area contributed by atoms with Crippen molar-refractivity contribution in [2.75, 3.05) is 0 Å². The van der Waals surface area contributed by atoms with E-state index >= 15 is 0 Å². The van der Waals surface area contributed by atoms with Crippen LogP contribution in [0.4, 0.5) is 0 Å². The lowest BCUT2D eigenvalue weighted by molar-refractivity contribution is 0.391. The Bertz CT molecular complexity index is 758. The van der Waals surface area contributed by atoms with E-state index in [0.29, 0.717) is 6.04 Å². The molecular formula is C15H16N4OS2. The van der Waals surface area contributed by atoms with Gasteiger partial charge in [0, 0.05) is 23.4 Å². The van der Waals surface area contributed by atoms with Crippen molar-refractivity contribution in [1.82, 2.24) is 19.9 Å². The smallest absolute Gasteiger partial charge is 0.191 e. The van der Waals surface area contributed by atoms with Gasteiger partial charge in [0.05, 0.1) is 11.4 Å². The van der Waals surface area contributed by atoms with Crippen LogP contribution in [0.5, 0.6) is 0 Å². The van der Waals surface area contributed by atoms with Crippen LogP contribution in [0.1, 0.15) is 41.0 Å². The first-order chi connectivity index (χ1) is 10.8. The molecule has 0 N–H and O–H groups in total. The third-order valence-electron chi connectivity index (χ3n) is 3.58. The standard InChI is InChI=1S/C15H16N4OS2/c1-10-7-12(20-18-10)9-22-15-17-16-14(19(15)11-4-5-11)8-13-3-2-6-21-13/h2-3,6-7,11H,4-5,8-9H2,1H3. The summed E-state index contributed by atoms with van der Waals surface area (Å²) in [4.78, 5) is 1.33. The van der Waals surface area contributed by atoms with Gasteiger partial charge in [-0.05, 0) is 31.2 Å². The van der Waals surface area contributed by atoms with Gasteiger partial charge in [-0.1, -0.05) is 23.0 Å². The van der Waals surface area contributed by atoms with Gasteiger partial charge in [0.15, 0.2) is 5.16 Å².